The summed E-state index contributed by atoms with van der Waals surface area (Å²) < 4.78 is 7.62. The molecule has 0 aliphatic carbocycles. The molecule has 118 valence electrons. The number of nitrogens with zero attached hydrogens (tertiary/aromatic N) is 5. The standard InChI is InChI=1S/C15H22N6O/c1-2-5-21-12(3-1)19-13-14(17-11-18-15(13)21)16-4-6-20-7-9-22-10-8-20/h11H,1-10H2,(H,16,17,18). The lowest BCUT2D eigenvalue weighted by atomic mass is 10.2. The number of imidazole rings is 1. The van der Waals surface area contributed by atoms with Gasteiger partial charge in [-0.3, -0.25) is 4.90 Å². The van der Waals surface area contributed by atoms with Crippen LogP contribution in [0.1, 0.15) is 18.7 Å². The largest absolute Gasteiger partial charge is 0.379 e. The first-order valence-electron chi connectivity index (χ1n) is 8.16. The number of aromatic nitrogens is 4. The van der Waals surface area contributed by atoms with E-state index in [1.165, 1.54) is 12.8 Å². The predicted octanol–water partition coefficient (Wildman–Crippen LogP) is 0.907. The van der Waals surface area contributed by atoms with Crippen molar-refractivity contribution in [3.05, 3.63) is 12.2 Å². The van der Waals surface area contributed by atoms with Gasteiger partial charge in [-0.25, -0.2) is 15.0 Å². The summed E-state index contributed by atoms with van der Waals surface area (Å²) in [5, 5.41) is 3.43. The van der Waals surface area contributed by atoms with Crippen molar-refractivity contribution in [1.82, 2.24) is 24.4 Å². The quantitative estimate of drug-likeness (QED) is 0.905. The monoisotopic (exact) mass is 302 g/mol. The van der Waals surface area contributed by atoms with Crippen LogP contribution >= 0.6 is 0 Å². The van der Waals surface area contributed by atoms with Crippen LogP contribution in [0.25, 0.3) is 11.2 Å². The second-order valence-corrected chi connectivity index (χ2v) is 5.91. The third-order valence-corrected chi connectivity index (χ3v) is 4.47. The molecule has 0 radical (unpaired) electrons. The zero-order valence-electron chi connectivity index (χ0n) is 12.8. The lowest BCUT2D eigenvalue weighted by Crippen LogP contribution is -2.39. The van der Waals surface area contributed by atoms with Gasteiger partial charge < -0.3 is 14.6 Å². The molecule has 22 heavy (non-hydrogen) atoms. The molecule has 1 fully saturated rings. The third kappa shape index (κ3) is 2.66. The fourth-order valence-electron chi connectivity index (χ4n) is 3.25. The molecule has 0 unspecified atom stereocenters. The molecule has 0 aromatic carbocycles. The molecule has 0 atom stereocenters. The van der Waals surface area contributed by atoms with Crippen molar-refractivity contribution in [2.45, 2.75) is 25.8 Å². The van der Waals surface area contributed by atoms with Crippen LogP contribution in [-0.2, 0) is 17.7 Å². The normalized spacial score (nSPS) is 19.3. The molecule has 2 aliphatic heterocycles. The average molecular weight is 302 g/mol. The Morgan fingerprint density at radius 3 is 2.95 bits per heavy atom. The van der Waals surface area contributed by atoms with Crippen molar-refractivity contribution in [3.8, 4) is 0 Å². The third-order valence-electron chi connectivity index (χ3n) is 4.47. The molecule has 4 rings (SSSR count). The highest BCUT2D eigenvalue weighted by Crippen LogP contribution is 2.24. The van der Waals surface area contributed by atoms with E-state index in [0.717, 1.165) is 75.2 Å². The van der Waals surface area contributed by atoms with E-state index >= 15 is 0 Å². The molecule has 1 saturated heterocycles. The maximum Gasteiger partial charge on any atom is 0.165 e. The maximum atomic E-state index is 5.37. The summed E-state index contributed by atoms with van der Waals surface area (Å²) >= 11 is 0. The molecule has 7 nitrogen and oxygen atoms in total. The summed E-state index contributed by atoms with van der Waals surface area (Å²) in [7, 11) is 0. The number of fused-ring (bicyclic) bond motifs is 3. The van der Waals surface area contributed by atoms with Crippen molar-refractivity contribution in [2.75, 3.05) is 44.7 Å². The zero-order valence-corrected chi connectivity index (χ0v) is 12.8. The predicted molar refractivity (Wildman–Crippen MR) is 84.0 cm³/mol. The van der Waals surface area contributed by atoms with E-state index in [-0.39, 0.29) is 0 Å². The Bertz CT molecular complexity index is 649. The van der Waals surface area contributed by atoms with E-state index < -0.39 is 0 Å². The number of aryl methyl sites for hydroxylation is 2. The highest BCUT2D eigenvalue weighted by molar-refractivity contribution is 5.83. The first kappa shape index (κ1) is 13.9. The van der Waals surface area contributed by atoms with Gasteiger partial charge in [-0.1, -0.05) is 0 Å². The minimum absolute atomic E-state index is 0.839. The molecule has 1 N–H and O–H groups in total. The first-order valence-corrected chi connectivity index (χ1v) is 8.16. The molecule has 0 saturated carbocycles. The molecular weight excluding hydrogens is 280 g/mol. The van der Waals surface area contributed by atoms with Crippen molar-refractivity contribution < 1.29 is 4.74 Å². The van der Waals surface area contributed by atoms with Crippen LogP contribution in [0, 0.1) is 0 Å². The van der Waals surface area contributed by atoms with Crippen LogP contribution in [-0.4, -0.2) is 63.8 Å². The molecule has 0 amide bonds. The van der Waals surface area contributed by atoms with Gasteiger partial charge in [0.1, 0.15) is 12.2 Å². The smallest absolute Gasteiger partial charge is 0.165 e. The lowest BCUT2D eigenvalue weighted by Gasteiger charge is -2.26. The lowest BCUT2D eigenvalue weighted by molar-refractivity contribution is 0.0398. The number of hydrogen-bond donors (Lipinski definition) is 1. The Kier molecular flexibility index (Phi) is 3.90. The number of morpholine rings is 1. The number of nitrogens with one attached hydrogen (secondary N) is 1. The summed E-state index contributed by atoms with van der Waals surface area (Å²) in [6.07, 6.45) is 5.12. The van der Waals surface area contributed by atoms with Gasteiger partial charge >= 0.3 is 0 Å². The van der Waals surface area contributed by atoms with E-state index in [4.69, 9.17) is 9.72 Å². The molecule has 2 aromatic heterocycles. The molecule has 0 spiro atoms. The van der Waals surface area contributed by atoms with E-state index in [2.05, 4.69) is 24.8 Å². The fraction of sp³-hybridized carbons (Fsp3) is 0.667. The summed E-state index contributed by atoms with van der Waals surface area (Å²) in [5.74, 6) is 2.01. The average Bonchev–Trinajstić information content (AvgIpc) is 2.96. The van der Waals surface area contributed by atoms with Gasteiger partial charge in [-0.05, 0) is 12.8 Å². The minimum atomic E-state index is 0.839. The van der Waals surface area contributed by atoms with Gasteiger partial charge in [-0.15, -0.1) is 0 Å². The van der Waals surface area contributed by atoms with Gasteiger partial charge in [0, 0.05) is 39.1 Å². The van der Waals surface area contributed by atoms with Gasteiger partial charge in [0.2, 0.25) is 0 Å². The van der Waals surface area contributed by atoms with Crippen LogP contribution in [0.3, 0.4) is 0 Å². The summed E-state index contributed by atoms with van der Waals surface area (Å²) in [6.45, 7) is 6.60. The SMILES string of the molecule is c1nc(NCCN2CCOCC2)c2nc3n(c2n1)CCCC3. The molecular formula is C15H22N6O. The highest BCUT2D eigenvalue weighted by atomic mass is 16.5. The van der Waals surface area contributed by atoms with Crippen molar-refractivity contribution in [3.63, 3.8) is 0 Å². The van der Waals surface area contributed by atoms with Crippen LogP contribution in [0.15, 0.2) is 6.33 Å². The van der Waals surface area contributed by atoms with E-state index in [1.54, 1.807) is 6.33 Å². The molecule has 4 heterocycles. The second kappa shape index (κ2) is 6.18. The second-order valence-electron chi connectivity index (χ2n) is 5.91. The Morgan fingerprint density at radius 1 is 1.14 bits per heavy atom. The van der Waals surface area contributed by atoms with Gasteiger partial charge in [0.25, 0.3) is 0 Å². The maximum absolute atomic E-state index is 5.37. The summed E-state index contributed by atoms with van der Waals surface area (Å²) in [5.41, 5.74) is 1.89. The Morgan fingerprint density at radius 2 is 2.05 bits per heavy atom. The number of anilines is 1. The number of ether oxygens (including phenoxy) is 1. The van der Waals surface area contributed by atoms with Crippen molar-refractivity contribution in [2.24, 2.45) is 0 Å². The number of rotatable bonds is 4. The fourth-order valence-corrected chi connectivity index (χ4v) is 3.25. The van der Waals surface area contributed by atoms with Crippen LogP contribution < -0.4 is 5.32 Å². The van der Waals surface area contributed by atoms with Crippen LogP contribution in [0.5, 0.6) is 0 Å². The molecule has 0 bridgehead atoms. The van der Waals surface area contributed by atoms with E-state index in [0.29, 0.717) is 0 Å². The van der Waals surface area contributed by atoms with Gasteiger partial charge in [-0.2, -0.15) is 0 Å². The topological polar surface area (TPSA) is 68.1 Å². The minimum Gasteiger partial charge on any atom is -0.379 e. The zero-order chi connectivity index (χ0) is 14.8. The van der Waals surface area contributed by atoms with E-state index in [1.807, 2.05) is 0 Å². The van der Waals surface area contributed by atoms with Crippen LogP contribution in [0.4, 0.5) is 5.82 Å². The summed E-state index contributed by atoms with van der Waals surface area (Å²) in [4.78, 5) is 16.0. The molecule has 2 aromatic rings. The highest BCUT2D eigenvalue weighted by Gasteiger charge is 2.18. The van der Waals surface area contributed by atoms with Crippen LogP contribution in [0.2, 0.25) is 0 Å². The first-order chi connectivity index (χ1) is 10.9. The number of hydrogen-bond acceptors (Lipinski definition) is 6. The molecule has 7 heteroatoms. The summed E-state index contributed by atoms with van der Waals surface area (Å²) in [6, 6.07) is 0. The Balaban J connectivity index is 1.48. The van der Waals surface area contributed by atoms with Crippen molar-refractivity contribution in [1.29, 1.82) is 0 Å². The Hall–Kier alpha value is -1.73. The van der Waals surface area contributed by atoms with E-state index in [9.17, 15) is 0 Å². The van der Waals surface area contributed by atoms with Gasteiger partial charge in [0.15, 0.2) is 17.0 Å². The Labute approximate surface area is 129 Å². The molecule has 2 aliphatic rings. The van der Waals surface area contributed by atoms with Gasteiger partial charge in [0.05, 0.1) is 13.2 Å². The van der Waals surface area contributed by atoms with Crippen molar-refractivity contribution >= 4 is 17.0 Å².